The highest BCUT2D eigenvalue weighted by Crippen LogP contribution is 2.15. The van der Waals surface area contributed by atoms with E-state index in [1.54, 1.807) is 12.1 Å². The van der Waals surface area contributed by atoms with E-state index < -0.39 is 4.92 Å². The Morgan fingerprint density at radius 3 is 2.62 bits per heavy atom. The number of non-ortho nitro benzene ring substituents is 1. The summed E-state index contributed by atoms with van der Waals surface area (Å²) < 4.78 is 0. The van der Waals surface area contributed by atoms with E-state index in [0.29, 0.717) is 18.5 Å². The van der Waals surface area contributed by atoms with Gasteiger partial charge in [-0.1, -0.05) is 11.8 Å². The lowest BCUT2D eigenvalue weighted by Crippen LogP contribution is -2.26. The SMILES string of the molecule is Cl.N[C@H](C#Cc1ccc([N+](=O)[O-])cc1)C[C@@H]1CCNC1=O. The van der Waals surface area contributed by atoms with Crippen molar-refractivity contribution in [2.75, 3.05) is 6.54 Å². The number of hydrogen-bond donors (Lipinski definition) is 2. The molecule has 112 valence electrons. The van der Waals surface area contributed by atoms with Crippen molar-refractivity contribution in [2.45, 2.75) is 18.9 Å². The summed E-state index contributed by atoms with van der Waals surface area (Å²) in [6.07, 6.45) is 1.33. The van der Waals surface area contributed by atoms with Crippen molar-refractivity contribution < 1.29 is 9.72 Å². The van der Waals surface area contributed by atoms with Gasteiger partial charge < -0.3 is 11.1 Å². The van der Waals surface area contributed by atoms with Crippen LogP contribution in [0.15, 0.2) is 24.3 Å². The van der Waals surface area contributed by atoms with E-state index in [0.717, 1.165) is 6.42 Å². The van der Waals surface area contributed by atoms with Gasteiger partial charge >= 0.3 is 0 Å². The fraction of sp³-hybridized carbons (Fsp3) is 0.357. The van der Waals surface area contributed by atoms with Gasteiger partial charge in [0.25, 0.3) is 5.69 Å². The van der Waals surface area contributed by atoms with E-state index in [1.165, 1.54) is 12.1 Å². The van der Waals surface area contributed by atoms with Gasteiger partial charge in [-0.15, -0.1) is 12.4 Å². The molecule has 1 aromatic carbocycles. The van der Waals surface area contributed by atoms with Gasteiger partial charge in [0.2, 0.25) is 5.91 Å². The van der Waals surface area contributed by atoms with Crippen LogP contribution in [-0.2, 0) is 4.79 Å². The number of nitrogens with one attached hydrogen (secondary N) is 1. The zero-order chi connectivity index (χ0) is 14.5. The maximum Gasteiger partial charge on any atom is 0.269 e. The molecule has 7 heteroatoms. The number of nitrogens with two attached hydrogens (primary N) is 1. The summed E-state index contributed by atoms with van der Waals surface area (Å²) in [6, 6.07) is 5.60. The normalized spacial score (nSPS) is 18.0. The van der Waals surface area contributed by atoms with Crippen LogP contribution in [-0.4, -0.2) is 23.4 Å². The number of rotatable bonds is 3. The maximum absolute atomic E-state index is 11.4. The monoisotopic (exact) mass is 309 g/mol. The Morgan fingerprint density at radius 1 is 1.43 bits per heavy atom. The number of carbonyl (C=O) groups is 1. The van der Waals surface area contributed by atoms with Crippen molar-refractivity contribution in [3.63, 3.8) is 0 Å². The molecule has 2 rings (SSSR count). The molecule has 2 atom stereocenters. The van der Waals surface area contributed by atoms with Crippen LogP contribution in [0.2, 0.25) is 0 Å². The molecular formula is C14H16ClN3O3. The smallest absolute Gasteiger partial charge is 0.269 e. The predicted molar refractivity (Wildman–Crippen MR) is 80.9 cm³/mol. The Kier molecular flexibility index (Phi) is 6.15. The summed E-state index contributed by atoms with van der Waals surface area (Å²) in [5.41, 5.74) is 6.58. The lowest BCUT2D eigenvalue weighted by molar-refractivity contribution is -0.384. The first-order valence-electron chi connectivity index (χ1n) is 6.35. The van der Waals surface area contributed by atoms with Crippen LogP contribution < -0.4 is 11.1 Å². The zero-order valence-corrected chi connectivity index (χ0v) is 12.1. The molecule has 0 aliphatic carbocycles. The van der Waals surface area contributed by atoms with E-state index in [1.807, 2.05) is 0 Å². The first-order chi connectivity index (χ1) is 9.56. The summed E-state index contributed by atoms with van der Waals surface area (Å²) in [5.74, 6) is 5.72. The number of amides is 1. The van der Waals surface area contributed by atoms with E-state index in [9.17, 15) is 14.9 Å². The van der Waals surface area contributed by atoms with Gasteiger partial charge in [0.15, 0.2) is 0 Å². The third-order valence-corrected chi connectivity index (χ3v) is 3.18. The molecular weight excluding hydrogens is 294 g/mol. The molecule has 0 bridgehead atoms. The van der Waals surface area contributed by atoms with Crippen molar-refractivity contribution >= 4 is 24.0 Å². The van der Waals surface area contributed by atoms with Crippen LogP contribution in [0.3, 0.4) is 0 Å². The van der Waals surface area contributed by atoms with Gasteiger partial charge in [-0.25, -0.2) is 0 Å². The summed E-state index contributed by atoms with van der Waals surface area (Å²) in [4.78, 5) is 21.5. The first kappa shape index (κ1) is 17.0. The highest BCUT2D eigenvalue weighted by molar-refractivity contribution is 5.85. The summed E-state index contributed by atoms with van der Waals surface area (Å²) >= 11 is 0. The summed E-state index contributed by atoms with van der Waals surface area (Å²) in [6.45, 7) is 0.700. The Labute approximate surface area is 128 Å². The first-order valence-corrected chi connectivity index (χ1v) is 6.35. The molecule has 1 aliphatic heterocycles. The van der Waals surface area contributed by atoms with Gasteiger partial charge in [-0.3, -0.25) is 14.9 Å². The number of halogens is 1. The topological polar surface area (TPSA) is 98.3 Å². The Bertz CT molecular complexity index is 577. The van der Waals surface area contributed by atoms with Crippen molar-refractivity contribution in [3.8, 4) is 11.8 Å². The number of nitro benzene ring substituents is 1. The standard InChI is InChI=1S/C14H15N3O3.ClH/c15-12(9-11-7-8-16-14(11)18)4-1-10-2-5-13(6-3-10)17(19)20;/h2-3,5-6,11-12H,7-9,15H2,(H,16,18);1H/t11-,12+;/m0./s1. The average Bonchev–Trinajstić information content (AvgIpc) is 2.82. The molecule has 1 heterocycles. The lowest BCUT2D eigenvalue weighted by atomic mass is 9.99. The highest BCUT2D eigenvalue weighted by atomic mass is 35.5. The summed E-state index contributed by atoms with van der Waals surface area (Å²) in [5, 5.41) is 13.3. The van der Waals surface area contributed by atoms with Gasteiger partial charge in [-0.05, 0) is 25.0 Å². The second-order valence-electron chi connectivity index (χ2n) is 4.69. The second kappa shape index (κ2) is 7.62. The van der Waals surface area contributed by atoms with Gasteiger partial charge in [0, 0.05) is 30.2 Å². The number of nitrogens with zero attached hydrogens (tertiary/aromatic N) is 1. The fourth-order valence-corrected chi connectivity index (χ4v) is 2.08. The molecule has 21 heavy (non-hydrogen) atoms. The van der Waals surface area contributed by atoms with Gasteiger partial charge in [0.1, 0.15) is 0 Å². The van der Waals surface area contributed by atoms with Crippen LogP contribution in [0, 0.1) is 27.9 Å². The molecule has 1 amide bonds. The molecule has 1 aliphatic rings. The van der Waals surface area contributed by atoms with E-state index >= 15 is 0 Å². The molecule has 1 fully saturated rings. The van der Waals surface area contributed by atoms with Crippen LogP contribution in [0.1, 0.15) is 18.4 Å². The van der Waals surface area contributed by atoms with Crippen molar-refractivity contribution in [1.29, 1.82) is 0 Å². The van der Waals surface area contributed by atoms with Crippen molar-refractivity contribution in [1.82, 2.24) is 5.32 Å². The molecule has 0 spiro atoms. The van der Waals surface area contributed by atoms with Crippen LogP contribution in [0.25, 0.3) is 0 Å². The Morgan fingerprint density at radius 2 is 2.10 bits per heavy atom. The quantitative estimate of drug-likeness (QED) is 0.498. The van der Waals surface area contributed by atoms with E-state index in [4.69, 9.17) is 5.73 Å². The number of carbonyl (C=O) groups excluding carboxylic acids is 1. The van der Waals surface area contributed by atoms with Crippen LogP contribution in [0.5, 0.6) is 0 Å². The van der Waals surface area contributed by atoms with Crippen molar-refractivity contribution in [2.24, 2.45) is 11.7 Å². The van der Waals surface area contributed by atoms with Crippen LogP contribution >= 0.6 is 12.4 Å². The van der Waals surface area contributed by atoms with Crippen molar-refractivity contribution in [3.05, 3.63) is 39.9 Å². The molecule has 0 saturated carbocycles. The van der Waals surface area contributed by atoms with E-state index in [-0.39, 0.29) is 36.0 Å². The molecule has 0 unspecified atom stereocenters. The number of hydrogen-bond acceptors (Lipinski definition) is 4. The molecule has 6 nitrogen and oxygen atoms in total. The Balaban J connectivity index is 0.00000220. The maximum atomic E-state index is 11.4. The van der Waals surface area contributed by atoms with Gasteiger partial charge in [-0.2, -0.15) is 0 Å². The minimum atomic E-state index is -0.457. The van der Waals surface area contributed by atoms with Gasteiger partial charge in [0.05, 0.1) is 11.0 Å². The molecule has 0 radical (unpaired) electrons. The molecule has 1 aromatic rings. The second-order valence-corrected chi connectivity index (χ2v) is 4.69. The summed E-state index contributed by atoms with van der Waals surface area (Å²) in [7, 11) is 0. The zero-order valence-electron chi connectivity index (χ0n) is 11.2. The number of nitro groups is 1. The lowest BCUT2D eigenvalue weighted by Gasteiger charge is -2.08. The third-order valence-electron chi connectivity index (χ3n) is 3.18. The van der Waals surface area contributed by atoms with E-state index in [2.05, 4.69) is 17.2 Å². The minimum Gasteiger partial charge on any atom is -0.356 e. The minimum absolute atomic E-state index is 0. The fourth-order valence-electron chi connectivity index (χ4n) is 2.08. The van der Waals surface area contributed by atoms with Crippen LogP contribution in [0.4, 0.5) is 5.69 Å². The highest BCUT2D eigenvalue weighted by Gasteiger charge is 2.25. The predicted octanol–water partition coefficient (Wildman–Crippen LogP) is 1.22. The molecule has 0 aromatic heterocycles. The molecule has 1 saturated heterocycles. The largest absolute Gasteiger partial charge is 0.356 e. The molecule has 3 N–H and O–H groups in total. The third kappa shape index (κ3) is 4.74. The Hall–Kier alpha value is -2.10. The number of benzene rings is 1. The average molecular weight is 310 g/mol.